The van der Waals surface area contributed by atoms with Crippen molar-refractivity contribution in [1.29, 1.82) is 0 Å². The second-order valence-corrected chi connectivity index (χ2v) is 43.2. The first kappa shape index (κ1) is 103. The van der Waals surface area contributed by atoms with Gasteiger partial charge in [0.2, 0.25) is 0 Å². The van der Waals surface area contributed by atoms with Crippen molar-refractivity contribution in [3.05, 3.63) is 237 Å². The third-order valence-corrected chi connectivity index (χ3v) is 35.4. The van der Waals surface area contributed by atoms with Crippen LogP contribution in [0.4, 0.5) is 17.6 Å². The van der Waals surface area contributed by atoms with E-state index in [0.29, 0.717) is 99.3 Å². The molecule has 16 atom stereocenters. The summed E-state index contributed by atoms with van der Waals surface area (Å²) in [7, 11) is 1.61. The number of allylic oxidation sites excluding steroid dienone is 1. The quantitative estimate of drug-likeness (QED) is 0.101. The number of rotatable bonds is 8. The molecule has 13 aliphatic rings. The molecule has 3 saturated heterocycles. The maximum Gasteiger partial charge on any atom is 0.171 e. The van der Waals surface area contributed by atoms with E-state index in [0.717, 1.165) is 222 Å². The van der Waals surface area contributed by atoms with Crippen molar-refractivity contribution >= 4 is 29.2 Å². The third kappa shape index (κ3) is 18.9. The molecule has 9 heterocycles. The Bertz CT molecular complexity index is 6380. The standard InChI is InChI=1S/C28H30FN3O2.C27H28FN3O2.C26H26FN3O.C21H25FO3.C14H22O3.2CH4/c1-17-16-20(10-13-30-17)26-31-24(19-4-6-21(29)7-5-19)22-8-9-23-18(2)28(33-14-15-34-28)12-11-27(23,3)25(22)32-26;1-15-13-18(11-12-29-15)26-30-23(17-5-7-19(28)8-6-17)20-9-10-21-16(2)24(32)22(33-4)14-27(21,3)25(20)31-26;1-15-14-18(11-13-28-15)25-29-23(17-4-6-19(27)7-5-17)20-8-9-21-16(2)22(31)10-12-26(21,3)24(20)30-25;1-14-18-8-5-16(13-15-3-6-17(22)7-4-15)19(23)20(18,2)9-10-21(14)24-11-12-25-21;1-10-11-4-3-5-12(15)13(11,2)6-7-14(10)16-8-9-17-14;;/h4-7,10,13,16,18,23H,8-9,11-12,14-15H2,1-3H3;5-8,11-13,16,21-22H,9-10,14H2,1-4H3;4-7,11,13-14,16,21H,8-10,12H2,1-3H3;3-4,6-7,13-14,18H,5,8-12H2,1-2H3;10-11H,3-9H2,1-2H3;2*1H4/b;;;16-13+;;;/t18-,23-,27-;16-,21-,22?,27-;16-,21-,26-;14-,18-,20-;10-,11-,13-;;/m11111../s1. The largest absolute Gasteiger partial charge is 0.374 e. The number of fused-ring (bicyclic) bond motifs is 11. The van der Waals surface area contributed by atoms with Crippen LogP contribution in [0.3, 0.4) is 0 Å². The number of aryl methyl sites for hydroxylation is 3. The molecule has 750 valence electrons. The molecular formula is C118H139F4N9O11. The number of hydrogen-bond acceptors (Lipinski definition) is 20. The number of methoxy groups -OCH3 is 1. The predicted octanol–water partition coefficient (Wildman–Crippen LogP) is 24.4. The Kier molecular flexibility index (Phi) is 29.6. The maximum atomic E-state index is 13.7. The minimum absolute atomic E-state index is 0. The van der Waals surface area contributed by atoms with Gasteiger partial charge in [-0.15, -0.1) is 0 Å². The van der Waals surface area contributed by atoms with Gasteiger partial charge in [-0.2, -0.15) is 0 Å². The van der Waals surface area contributed by atoms with Gasteiger partial charge in [-0.25, -0.2) is 47.5 Å². The Morgan fingerprint density at radius 1 is 0.366 bits per heavy atom. The van der Waals surface area contributed by atoms with E-state index in [1.165, 1.54) is 54.1 Å². The van der Waals surface area contributed by atoms with Crippen LogP contribution < -0.4 is 0 Å². The third-order valence-electron chi connectivity index (χ3n) is 35.4. The maximum absolute atomic E-state index is 13.7. The summed E-state index contributed by atoms with van der Waals surface area (Å²) in [4.78, 5) is 94.3. The van der Waals surface area contributed by atoms with Gasteiger partial charge in [0.25, 0.3) is 0 Å². The van der Waals surface area contributed by atoms with E-state index in [1.807, 2.05) is 82.3 Å². The van der Waals surface area contributed by atoms with Crippen LogP contribution in [0.5, 0.6) is 0 Å². The number of hydrogen-bond donors (Lipinski definition) is 0. The summed E-state index contributed by atoms with van der Waals surface area (Å²) in [5, 5.41) is 0. The van der Waals surface area contributed by atoms with Crippen LogP contribution in [0.25, 0.3) is 74.0 Å². The molecule has 0 radical (unpaired) electrons. The first-order valence-electron chi connectivity index (χ1n) is 50.9. The van der Waals surface area contributed by atoms with Crippen LogP contribution in [0.1, 0.15) is 250 Å². The summed E-state index contributed by atoms with van der Waals surface area (Å²) >= 11 is 0. The number of ketones is 4. The molecule has 24 heteroatoms. The van der Waals surface area contributed by atoms with E-state index in [2.05, 4.69) is 77.3 Å². The van der Waals surface area contributed by atoms with Crippen LogP contribution in [0.15, 0.2) is 158 Å². The van der Waals surface area contributed by atoms with E-state index in [4.69, 9.17) is 63.1 Å². The molecule has 0 bridgehead atoms. The molecule has 23 rings (SSSR count). The number of halogens is 4. The molecule has 6 aromatic heterocycles. The van der Waals surface area contributed by atoms with Gasteiger partial charge in [0.1, 0.15) is 40.9 Å². The summed E-state index contributed by atoms with van der Waals surface area (Å²) in [6.45, 7) is 31.8. The molecule has 10 aromatic rings. The lowest BCUT2D eigenvalue weighted by Gasteiger charge is -2.54. The summed E-state index contributed by atoms with van der Waals surface area (Å²) in [5.74, 6) is 3.24. The van der Waals surface area contributed by atoms with Crippen LogP contribution in [0.2, 0.25) is 0 Å². The number of aromatic nitrogens is 9. The highest BCUT2D eigenvalue weighted by atomic mass is 19.1. The number of carbonyl (C=O) groups is 4. The van der Waals surface area contributed by atoms with Crippen molar-refractivity contribution in [2.24, 2.45) is 70.0 Å². The lowest BCUT2D eigenvalue weighted by atomic mass is 9.54. The normalized spacial score (nSPS) is 29.9. The molecule has 142 heavy (non-hydrogen) atoms. The van der Waals surface area contributed by atoms with E-state index in [1.54, 1.807) is 62.1 Å². The minimum atomic E-state index is -0.484. The molecule has 10 fully saturated rings. The summed E-state index contributed by atoms with van der Waals surface area (Å²) < 4.78 is 95.9. The van der Waals surface area contributed by atoms with Gasteiger partial charge in [-0.3, -0.25) is 34.1 Å². The van der Waals surface area contributed by atoms with Crippen molar-refractivity contribution in [3.8, 4) is 67.9 Å². The van der Waals surface area contributed by atoms with Crippen molar-refractivity contribution < 1.29 is 69.9 Å². The molecule has 0 N–H and O–H groups in total. The highest BCUT2D eigenvalue weighted by Gasteiger charge is 2.63. The van der Waals surface area contributed by atoms with E-state index in [9.17, 15) is 36.7 Å². The highest BCUT2D eigenvalue weighted by molar-refractivity contribution is 6.04. The zero-order chi connectivity index (χ0) is 98.3. The van der Waals surface area contributed by atoms with Crippen molar-refractivity contribution in [1.82, 2.24) is 44.9 Å². The molecule has 7 saturated carbocycles. The Morgan fingerprint density at radius 3 is 1.11 bits per heavy atom. The van der Waals surface area contributed by atoms with Gasteiger partial charge in [-0.05, 0) is 285 Å². The van der Waals surface area contributed by atoms with Crippen LogP contribution in [-0.4, -0.2) is 138 Å². The van der Waals surface area contributed by atoms with E-state index < -0.39 is 17.7 Å². The fraction of sp³-hybridized carbons (Fsp3) is 0.517. The van der Waals surface area contributed by atoms with Gasteiger partial charge in [0, 0.05) is 182 Å². The lowest BCUT2D eigenvalue weighted by molar-refractivity contribution is -0.242. The fourth-order valence-electron chi connectivity index (χ4n) is 27.4. The number of Topliss-reactive ketones (excluding diaryl/α,β-unsaturated/α-hetero) is 4. The monoisotopic (exact) mass is 1930 g/mol. The first-order valence-corrected chi connectivity index (χ1v) is 50.9. The summed E-state index contributed by atoms with van der Waals surface area (Å²) in [5.41, 5.74) is 18.1. The van der Waals surface area contributed by atoms with Gasteiger partial charge in [0.15, 0.2) is 46.4 Å². The SMILES string of the molecule is C.C.COC1C[C@@]2(C)c3nc(-c4ccnc(C)c4)nc(-c4ccc(F)cc4)c3CC[C@@H]2[C@@H](C)C1=O.C[C@@H]1[C@H]2CC/C(=C\c3ccc(F)cc3)C(=O)[C@]2(C)CCC12OCCO2.C[C@@H]1[C@H]2CCCC(=O)[C@]2(C)CCC12OCCO2.Cc1cc(-c2nc(-c3ccc(F)cc3)c3c(n2)[C@]2(C)CCC(=O)[C@H](C)[C@H]2CC3)ccn1.Cc1cc(-c2nc(-c3ccc(F)cc3)c3c(n2)[C@]2(C)CCC4(OCCO4)[C@H](C)[C@H]2CC3)ccn1. The number of benzene rings is 4. The van der Waals surface area contributed by atoms with Crippen molar-refractivity contribution in [2.45, 2.75) is 273 Å². The lowest BCUT2D eigenvalue weighted by Crippen LogP contribution is -2.56. The molecule has 1 unspecified atom stereocenters. The Hall–Kier alpha value is -10.6. The number of nitrogens with zero attached hydrogens (tertiary/aromatic N) is 9. The minimum Gasteiger partial charge on any atom is -0.374 e. The zero-order valence-corrected chi connectivity index (χ0v) is 83.3. The van der Waals surface area contributed by atoms with Crippen LogP contribution >= 0.6 is 0 Å². The van der Waals surface area contributed by atoms with Crippen LogP contribution in [-0.2, 0) is 87.8 Å². The van der Waals surface area contributed by atoms with Crippen LogP contribution in [0, 0.1) is 114 Å². The Morgan fingerprint density at radius 2 is 0.711 bits per heavy atom. The van der Waals surface area contributed by atoms with Crippen molar-refractivity contribution in [2.75, 3.05) is 46.8 Å². The average molecular weight is 1940 g/mol. The second kappa shape index (κ2) is 40.8. The van der Waals surface area contributed by atoms with Gasteiger partial charge < -0.3 is 33.2 Å². The number of pyridine rings is 3. The second-order valence-electron chi connectivity index (χ2n) is 43.2. The number of ether oxygens (including phenoxy) is 7. The average Bonchev–Trinajstić information content (AvgIpc) is 1.05. The Labute approximate surface area is 834 Å². The summed E-state index contributed by atoms with van der Waals surface area (Å²) in [6, 6.07) is 37.8. The molecule has 0 amide bonds. The van der Waals surface area contributed by atoms with E-state index in [-0.39, 0.29) is 124 Å². The smallest absolute Gasteiger partial charge is 0.171 e. The molecule has 3 spiro atoms. The topological polar surface area (TPSA) is 249 Å². The van der Waals surface area contributed by atoms with Gasteiger partial charge in [-0.1, -0.05) is 96.2 Å². The molecule has 3 aliphatic heterocycles. The molecule has 4 aromatic carbocycles. The first-order chi connectivity index (χ1) is 67.1. The van der Waals surface area contributed by atoms with Gasteiger partial charge in [0.05, 0.1) is 73.8 Å². The van der Waals surface area contributed by atoms with E-state index >= 15 is 0 Å². The van der Waals surface area contributed by atoms with Gasteiger partial charge >= 0.3 is 0 Å². The fourth-order valence-corrected chi connectivity index (χ4v) is 27.4. The molecule has 10 aliphatic carbocycles. The highest BCUT2D eigenvalue weighted by Crippen LogP contribution is 2.62. The predicted molar refractivity (Wildman–Crippen MR) is 540 cm³/mol. The zero-order valence-electron chi connectivity index (χ0n) is 83.3. The van der Waals surface area contributed by atoms with Crippen molar-refractivity contribution in [3.63, 3.8) is 0 Å². The molecular weight excluding hydrogens is 1800 g/mol. The Balaban J connectivity index is 0.000000124. The summed E-state index contributed by atoms with van der Waals surface area (Å²) in [6.07, 6.45) is 24.1. The molecule has 20 nitrogen and oxygen atoms in total. The number of carbonyl (C=O) groups excluding carboxylic acids is 4.